The smallest absolute Gasteiger partial charge is 0.160 e. The molecule has 0 aliphatic rings. The van der Waals surface area contributed by atoms with Crippen molar-refractivity contribution in [2.75, 3.05) is 0 Å². The number of hydrogen-bond acceptors (Lipinski definition) is 2. The summed E-state index contributed by atoms with van der Waals surface area (Å²) in [6.45, 7) is 4.27. The highest BCUT2D eigenvalue weighted by Crippen LogP contribution is 2.24. The van der Waals surface area contributed by atoms with E-state index in [1.165, 1.54) is 0 Å². The van der Waals surface area contributed by atoms with Crippen molar-refractivity contribution < 1.29 is 0 Å². The molecule has 2 aromatic heterocycles. The van der Waals surface area contributed by atoms with E-state index in [1.54, 1.807) is 6.20 Å². The van der Waals surface area contributed by atoms with E-state index in [1.807, 2.05) is 17.7 Å². The van der Waals surface area contributed by atoms with E-state index in [2.05, 4.69) is 39.7 Å². The predicted octanol–water partition coefficient (Wildman–Crippen LogP) is 2.85. The molecular weight excluding hydrogens is 242 g/mol. The molecule has 0 aliphatic heterocycles. The maximum absolute atomic E-state index is 4.56. The summed E-state index contributed by atoms with van der Waals surface area (Å²) in [4.78, 5) is 8.88. The van der Waals surface area contributed by atoms with E-state index < -0.39 is 0 Å². The number of imidazole rings is 1. The lowest BCUT2D eigenvalue weighted by molar-refractivity contribution is 0.719. The Morgan fingerprint density at radius 2 is 2.14 bits per heavy atom. The Bertz CT molecular complexity index is 473. The second-order valence-electron chi connectivity index (χ2n) is 3.65. The zero-order chi connectivity index (χ0) is 10.3. The Hall–Kier alpha value is -0.900. The monoisotopic (exact) mass is 253 g/mol. The van der Waals surface area contributed by atoms with Crippen LogP contribution in [0.2, 0.25) is 0 Å². The molecule has 14 heavy (non-hydrogen) atoms. The zero-order valence-corrected chi connectivity index (χ0v) is 10.0. The third-order valence-electron chi connectivity index (χ3n) is 2.26. The summed E-state index contributed by atoms with van der Waals surface area (Å²) >= 11 is 3.48. The minimum Gasteiger partial charge on any atom is -0.316 e. The van der Waals surface area contributed by atoms with Crippen molar-refractivity contribution >= 4 is 27.1 Å². The lowest BCUT2D eigenvalue weighted by Crippen LogP contribution is -1.99. The van der Waals surface area contributed by atoms with Crippen molar-refractivity contribution in [3.8, 4) is 0 Å². The van der Waals surface area contributed by atoms with Gasteiger partial charge in [0.25, 0.3) is 0 Å². The van der Waals surface area contributed by atoms with Crippen molar-refractivity contribution in [3.63, 3.8) is 0 Å². The van der Waals surface area contributed by atoms with Gasteiger partial charge in [-0.05, 0) is 22.0 Å². The van der Waals surface area contributed by atoms with Gasteiger partial charge in [-0.2, -0.15) is 0 Å². The van der Waals surface area contributed by atoms with Crippen LogP contribution in [0.3, 0.4) is 0 Å². The first-order chi connectivity index (χ1) is 6.61. The molecule has 2 aromatic rings. The largest absolute Gasteiger partial charge is 0.316 e. The second kappa shape index (κ2) is 3.35. The maximum atomic E-state index is 4.56. The van der Waals surface area contributed by atoms with Crippen molar-refractivity contribution in [2.45, 2.75) is 19.8 Å². The van der Waals surface area contributed by atoms with E-state index in [4.69, 9.17) is 0 Å². The van der Waals surface area contributed by atoms with Crippen LogP contribution in [0.4, 0.5) is 0 Å². The standard InChI is InChI=1S/C10H12BrN3/c1-6(2)9-13-8-7(11)4-5-12-10(8)14(9)3/h4-6H,1-3H3. The highest BCUT2D eigenvalue weighted by atomic mass is 79.9. The molecule has 0 fully saturated rings. The van der Waals surface area contributed by atoms with Crippen molar-refractivity contribution in [3.05, 3.63) is 22.6 Å². The first kappa shape index (κ1) is 9.65. The normalized spacial score (nSPS) is 11.5. The van der Waals surface area contributed by atoms with Crippen LogP contribution in [0.25, 0.3) is 11.2 Å². The minimum atomic E-state index is 0.418. The molecule has 0 unspecified atom stereocenters. The van der Waals surface area contributed by atoms with Gasteiger partial charge in [-0.15, -0.1) is 0 Å². The minimum absolute atomic E-state index is 0.418. The van der Waals surface area contributed by atoms with Gasteiger partial charge in [0.05, 0.1) is 0 Å². The number of aryl methyl sites for hydroxylation is 1. The van der Waals surface area contributed by atoms with E-state index in [0.717, 1.165) is 21.5 Å². The molecule has 0 atom stereocenters. The second-order valence-corrected chi connectivity index (χ2v) is 4.50. The maximum Gasteiger partial charge on any atom is 0.160 e. The van der Waals surface area contributed by atoms with Crippen LogP contribution in [0.15, 0.2) is 16.7 Å². The fourth-order valence-corrected chi connectivity index (χ4v) is 1.97. The average molecular weight is 254 g/mol. The van der Waals surface area contributed by atoms with Gasteiger partial charge in [-0.25, -0.2) is 9.97 Å². The molecule has 2 rings (SSSR count). The third-order valence-corrected chi connectivity index (χ3v) is 2.90. The van der Waals surface area contributed by atoms with E-state index in [9.17, 15) is 0 Å². The van der Waals surface area contributed by atoms with Gasteiger partial charge in [0.15, 0.2) is 5.65 Å². The summed E-state index contributed by atoms with van der Waals surface area (Å²) in [7, 11) is 2.00. The first-order valence-electron chi connectivity index (χ1n) is 4.58. The molecule has 74 valence electrons. The van der Waals surface area contributed by atoms with Crippen molar-refractivity contribution in [1.82, 2.24) is 14.5 Å². The van der Waals surface area contributed by atoms with Crippen LogP contribution in [0.1, 0.15) is 25.6 Å². The number of hydrogen-bond donors (Lipinski definition) is 0. The first-order valence-corrected chi connectivity index (χ1v) is 5.37. The quantitative estimate of drug-likeness (QED) is 0.783. The highest BCUT2D eigenvalue weighted by molar-refractivity contribution is 9.10. The van der Waals surface area contributed by atoms with Gasteiger partial charge in [0.1, 0.15) is 11.3 Å². The van der Waals surface area contributed by atoms with Crippen molar-refractivity contribution in [1.29, 1.82) is 0 Å². The number of halogens is 1. The van der Waals surface area contributed by atoms with Gasteiger partial charge in [-0.1, -0.05) is 13.8 Å². The number of pyridine rings is 1. The molecule has 0 saturated heterocycles. The fourth-order valence-electron chi connectivity index (χ4n) is 1.58. The molecule has 4 heteroatoms. The Morgan fingerprint density at radius 1 is 1.43 bits per heavy atom. The molecule has 0 aromatic carbocycles. The fraction of sp³-hybridized carbons (Fsp3) is 0.400. The summed E-state index contributed by atoms with van der Waals surface area (Å²) in [5.41, 5.74) is 1.88. The van der Waals surface area contributed by atoms with Gasteiger partial charge in [-0.3, -0.25) is 0 Å². The van der Waals surface area contributed by atoms with E-state index >= 15 is 0 Å². The Kier molecular flexibility index (Phi) is 2.31. The van der Waals surface area contributed by atoms with E-state index in [0.29, 0.717) is 5.92 Å². The van der Waals surface area contributed by atoms with E-state index in [-0.39, 0.29) is 0 Å². The summed E-state index contributed by atoms with van der Waals surface area (Å²) in [6, 6.07) is 1.92. The van der Waals surface area contributed by atoms with Gasteiger partial charge < -0.3 is 4.57 Å². The lowest BCUT2D eigenvalue weighted by Gasteiger charge is -2.03. The molecule has 0 bridgehead atoms. The Balaban J connectivity index is 2.80. The summed E-state index contributed by atoms with van der Waals surface area (Å²) in [6.07, 6.45) is 1.79. The number of fused-ring (bicyclic) bond motifs is 1. The lowest BCUT2D eigenvalue weighted by atomic mass is 10.2. The van der Waals surface area contributed by atoms with Crippen LogP contribution >= 0.6 is 15.9 Å². The van der Waals surface area contributed by atoms with Crippen LogP contribution in [-0.2, 0) is 7.05 Å². The van der Waals surface area contributed by atoms with Gasteiger partial charge in [0.2, 0.25) is 0 Å². The summed E-state index contributed by atoms with van der Waals surface area (Å²) < 4.78 is 3.05. The van der Waals surface area contributed by atoms with Gasteiger partial charge in [0, 0.05) is 23.6 Å². The molecule has 0 spiro atoms. The van der Waals surface area contributed by atoms with Gasteiger partial charge >= 0.3 is 0 Å². The molecular formula is C10H12BrN3. The molecule has 0 aliphatic carbocycles. The highest BCUT2D eigenvalue weighted by Gasteiger charge is 2.12. The molecule has 0 radical (unpaired) electrons. The van der Waals surface area contributed by atoms with Crippen LogP contribution in [-0.4, -0.2) is 14.5 Å². The predicted molar refractivity (Wildman–Crippen MR) is 60.3 cm³/mol. The van der Waals surface area contributed by atoms with Crippen molar-refractivity contribution in [2.24, 2.45) is 7.05 Å². The molecule has 0 amide bonds. The number of rotatable bonds is 1. The Labute approximate surface area is 91.3 Å². The number of aromatic nitrogens is 3. The Morgan fingerprint density at radius 3 is 2.71 bits per heavy atom. The summed E-state index contributed by atoms with van der Waals surface area (Å²) in [5.74, 6) is 1.49. The molecule has 3 nitrogen and oxygen atoms in total. The third kappa shape index (κ3) is 1.34. The average Bonchev–Trinajstić information content (AvgIpc) is 2.46. The topological polar surface area (TPSA) is 30.7 Å². The number of nitrogens with zero attached hydrogens (tertiary/aromatic N) is 3. The van der Waals surface area contributed by atoms with Crippen LogP contribution < -0.4 is 0 Å². The molecule has 0 saturated carbocycles. The van der Waals surface area contributed by atoms with Crippen LogP contribution in [0.5, 0.6) is 0 Å². The molecule has 2 heterocycles. The molecule has 0 N–H and O–H groups in total. The zero-order valence-electron chi connectivity index (χ0n) is 8.45. The van der Waals surface area contributed by atoms with Crippen LogP contribution in [0, 0.1) is 0 Å². The summed E-state index contributed by atoms with van der Waals surface area (Å²) in [5, 5.41) is 0. The SMILES string of the molecule is CC(C)c1nc2c(Br)ccnc2n1C.